The lowest BCUT2D eigenvalue weighted by molar-refractivity contribution is 0.0195. The lowest BCUT2D eigenvalue weighted by atomic mass is 10.2. The maximum atomic E-state index is 5.45. The van der Waals surface area contributed by atoms with Crippen LogP contribution in [0.5, 0.6) is 0 Å². The summed E-state index contributed by atoms with van der Waals surface area (Å²) in [7, 11) is 1.87. The van der Waals surface area contributed by atoms with E-state index in [9.17, 15) is 0 Å². The maximum absolute atomic E-state index is 5.45. The minimum absolute atomic E-state index is 0. The molecule has 2 fully saturated rings. The third kappa shape index (κ3) is 4.77. The fraction of sp³-hybridized carbons (Fsp3) is 0.733. The summed E-state index contributed by atoms with van der Waals surface area (Å²) in [5.74, 6) is 1.00. The van der Waals surface area contributed by atoms with Crippen molar-refractivity contribution in [3.05, 3.63) is 16.1 Å². The molecule has 0 aromatic carbocycles. The van der Waals surface area contributed by atoms with Gasteiger partial charge in [0.15, 0.2) is 5.96 Å². The van der Waals surface area contributed by atoms with Gasteiger partial charge in [-0.3, -0.25) is 9.89 Å². The average Bonchev–Trinajstić information content (AvgIpc) is 3.19. The summed E-state index contributed by atoms with van der Waals surface area (Å²) in [5.41, 5.74) is 3.01. The number of hydrogen-bond donors (Lipinski definition) is 1. The van der Waals surface area contributed by atoms with Crippen molar-refractivity contribution in [1.29, 1.82) is 0 Å². The quantitative estimate of drug-likeness (QED) is 0.430. The van der Waals surface area contributed by atoms with Crippen molar-refractivity contribution in [3.63, 3.8) is 0 Å². The third-order valence-electron chi connectivity index (χ3n) is 4.49. The van der Waals surface area contributed by atoms with E-state index in [1.54, 1.807) is 11.3 Å². The first-order chi connectivity index (χ1) is 10.8. The molecule has 130 valence electrons. The van der Waals surface area contributed by atoms with Crippen LogP contribution in [-0.4, -0.2) is 73.2 Å². The standard InChI is InChI=1S/C15H25N5OS.HI/c1-12-14(22-11-18-12)9-17-15(16-2)20-4-3-13(10-20)19-5-7-21-8-6-19;/h11,13H,3-10H2,1-2H3,(H,16,17);1H. The Labute approximate surface area is 159 Å². The lowest BCUT2D eigenvalue weighted by Gasteiger charge is -2.32. The second-order valence-electron chi connectivity index (χ2n) is 5.80. The number of aliphatic imine (C=N–C) groups is 1. The fourth-order valence-corrected chi connectivity index (χ4v) is 3.88. The highest BCUT2D eigenvalue weighted by molar-refractivity contribution is 14.0. The number of aryl methyl sites for hydroxylation is 1. The number of morpholine rings is 1. The van der Waals surface area contributed by atoms with Gasteiger partial charge in [-0.2, -0.15) is 0 Å². The van der Waals surface area contributed by atoms with Gasteiger partial charge < -0.3 is 15.0 Å². The van der Waals surface area contributed by atoms with E-state index in [-0.39, 0.29) is 24.0 Å². The SMILES string of the molecule is CN=C(NCc1scnc1C)N1CCC(N2CCOCC2)C1.I. The first-order valence-corrected chi connectivity index (χ1v) is 8.82. The van der Waals surface area contributed by atoms with E-state index in [1.165, 1.54) is 11.3 Å². The normalized spacial score (nSPS) is 23.0. The first-order valence-electron chi connectivity index (χ1n) is 7.94. The Morgan fingerprint density at radius 1 is 1.43 bits per heavy atom. The van der Waals surface area contributed by atoms with Crippen molar-refractivity contribution in [3.8, 4) is 0 Å². The largest absolute Gasteiger partial charge is 0.379 e. The van der Waals surface area contributed by atoms with E-state index in [1.807, 2.05) is 12.6 Å². The van der Waals surface area contributed by atoms with Gasteiger partial charge in [0.25, 0.3) is 0 Å². The zero-order valence-corrected chi connectivity index (χ0v) is 17.0. The molecule has 23 heavy (non-hydrogen) atoms. The fourth-order valence-electron chi connectivity index (χ4n) is 3.16. The number of ether oxygens (including phenoxy) is 1. The van der Waals surface area contributed by atoms with E-state index < -0.39 is 0 Å². The number of nitrogens with zero attached hydrogens (tertiary/aromatic N) is 4. The van der Waals surface area contributed by atoms with Gasteiger partial charge in [-0.25, -0.2) is 4.98 Å². The van der Waals surface area contributed by atoms with Crippen LogP contribution in [0, 0.1) is 6.92 Å². The molecule has 0 bridgehead atoms. The summed E-state index contributed by atoms with van der Waals surface area (Å²) < 4.78 is 5.45. The van der Waals surface area contributed by atoms with E-state index in [0.717, 1.165) is 57.6 Å². The second-order valence-corrected chi connectivity index (χ2v) is 6.74. The highest BCUT2D eigenvalue weighted by Crippen LogP contribution is 2.17. The number of rotatable bonds is 3. The second kappa shape index (κ2) is 9.14. The van der Waals surface area contributed by atoms with Crippen molar-refractivity contribution in [1.82, 2.24) is 20.1 Å². The Morgan fingerprint density at radius 2 is 2.22 bits per heavy atom. The predicted molar refractivity (Wildman–Crippen MR) is 105 cm³/mol. The topological polar surface area (TPSA) is 53.0 Å². The molecule has 2 aliphatic heterocycles. The molecule has 1 unspecified atom stereocenters. The third-order valence-corrected chi connectivity index (χ3v) is 5.42. The smallest absolute Gasteiger partial charge is 0.193 e. The van der Waals surface area contributed by atoms with Crippen LogP contribution in [0.3, 0.4) is 0 Å². The zero-order chi connectivity index (χ0) is 15.4. The molecule has 1 aromatic rings. The van der Waals surface area contributed by atoms with Gasteiger partial charge in [0.1, 0.15) is 0 Å². The summed E-state index contributed by atoms with van der Waals surface area (Å²) >= 11 is 1.70. The van der Waals surface area contributed by atoms with E-state index in [2.05, 4.69) is 32.0 Å². The minimum Gasteiger partial charge on any atom is -0.379 e. The van der Waals surface area contributed by atoms with Gasteiger partial charge in [0, 0.05) is 44.1 Å². The summed E-state index contributed by atoms with van der Waals surface area (Å²) in [5, 5.41) is 3.48. The van der Waals surface area contributed by atoms with Crippen LogP contribution in [0.1, 0.15) is 17.0 Å². The van der Waals surface area contributed by atoms with E-state index >= 15 is 0 Å². The van der Waals surface area contributed by atoms with Gasteiger partial charge >= 0.3 is 0 Å². The zero-order valence-electron chi connectivity index (χ0n) is 13.8. The van der Waals surface area contributed by atoms with Crippen LogP contribution < -0.4 is 5.32 Å². The number of halogens is 1. The van der Waals surface area contributed by atoms with Crippen LogP contribution in [-0.2, 0) is 11.3 Å². The van der Waals surface area contributed by atoms with Crippen molar-refractivity contribution in [2.45, 2.75) is 25.9 Å². The van der Waals surface area contributed by atoms with Crippen LogP contribution in [0.15, 0.2) is 10.5 Å². The number of guanidine groups is 1. The van der Waals surface area contributed by atoms with Crippen molar-refractivity contribution in [2.75, 3.05) is 46.4 Å². The summed E-state index contributed by atoms with van der Waals surface area (Å²) in [6.45, 7) is 8.85. The van der Waals surface area contributed by atoms with E-state index in [4.69, 9.17) is 4.74 Å². The Bertz CT molecular complexity index is 518. The highest BCUT2D eigenvalue weighted by Gasteiger charge is 2.30. The number of aromatic nitrogens is 1. The Morgan fingerprint density at radius 3 is 2.87 bits per heavy atom. The van der Waals surface area contributed by atoms with Crippen LogP contribution in [0.25, 0.3) is 0 Å². The van der Waals surface area contributed by atoms with Crippen LogP contribution in [0.4, 0.5) is 0 Å². The molecule has 8 heteroatoms. The van der Waals surface area contributed by atoms with Crippen molar-refractivity contribution in [2.24, 2.45) is 4.99 Å². The van der Waals surface area contributed by atoms with E-state index in [0.29, 0.717) is 6.04 Å². The van der Waals surface area contributed by atoms with Gasteiger partial charge in [0.05, 0.1) is 31.0 Å². The number of nitrogens with one attached hydrogen (secondary N) is 1. The number of hydrogen-bond acceptors (Lipinski definition) is 5. The summed E-state index contributed by atoms with van der Waals surface area (Å²) in [4.78, 5) is 15.0. The molecular formula is C15H26IN5OS. The Hall–Kier alpha value is -0.450. The minimum atomic E-state index is 0. The van der Waals surface area contributed by atoms with Crippen LogP contribution >= 0.6 is 35.3 Å². The number of likely N-dealkylation sites (tertiary alicyclic amines) is 1. The molecule has 1 aromatic heterocycles. The lowest BCUT2D eigenvalue weighted by Crippen LogP contribution is -2.46. The van der Waals surface area contributed by atoms with Gasteiger partial charge in [-0.1, -0.05) is 0 Å². The molecule has 6 nitrogen and oxygen atoms in total. The average molecular weight is 451 g/mol. The van der Waals surface area contributed by atoms with Gasteiger partial charge in [-0.05, 0) is 13.3 Å². The molecule has 0 radical (unpaired) electrons. The monoisotopic (exact) mass is 451 g/mol. The molecule has 0 spiro atoms. The van der Waals surface area contributed by atoms with Crippen molar-refractivity contribution < 1.29 is 4.74 Å². The molecule has 0 amide bonds. The molecule has 3 heterocycles. The molecule has 0 aliphatic carbocycles. The molecule has 3 rings (SSSR count). The van der Waals surface area contributed by atoms with Crippen LogP contribution in [0.2, 0.25) is 0 Å². The van der Waals surface area contributed by atoms with Crippen molar-refractivity contribution >= 4 is 41.3 Å². The first kappa shape index (κ1) is 18.9. The predicted octanol–water partition coefficient (Wildman–Crippen LogP) is 1.55. The molecule has 2 aliphatic rings. The molecular weight excluding hydrogens is 425 g/mol. The molecule has 2 saturated heterocycles. The highest BCUT2D eigenvalue weighted by atomic mass is 127. The molecule has 0 saturated carbocycles. The Balaban J connectivity index is 0.00000192. The van der Waals surface area contributed by atoms with Gasteiger partial charge in [-0.15, -0.1) is 35.3 Å². The maximum Gasteiger partial charge on any atom is 0.193 e. The molecule has 1 N–H and O–H groups in total. The molecule has 1 atom stereocenters. The number of thiazole rings is 1. The summed E-state index contributed by atoms with van der Waals surface area (Å²) in [6, 6.07) is 0.632. The van der Waals surface area contributed by atoms with Gasteiger partial charge in [0.2, 0.25) is 0 Å². The Kier molecular flexibility index (Phi) is 7.51. The summed E-state index contributed by atoms with van der Waals surface area (Å²) in [6.07, 6.45) is 1.21.